The first-order valence-corrected chi connectivity index (χ1v) is 8.77. The molecule has 0 aliphatic heterocycles. The molecule has 6 heteroatoms. The van der Waals surface area contributed by atoms with Crippen LogP contribution in [0.4, 0.5) is 0 Å². The van der Waals surface area contributed by atoms with Crippen LogP contribution < -0.4 is 10.9 Å². The molecule has 2 N–H and O–H groups in total. The van der Waals surface area contributed by atoms with Gasteiger partial charge < -0.3 is 19.7 Å². The summed E-state index contributed by atoms with van der Waals surface area (Å²) in [7, 11) is 0. The molecule has 6 nitrogen and oxygen atoms in total. The van der Waals surface area contributed by atoms with Crippen molar-refractivity contribution in [3.05, 3.63) is 28.2 Å². The van der Waals surface area contributed by atoms with E-state index in [9.17, 15) is 14.7 Å². The van der Waals surface area contributed by atoms with Gasteiger partial charge in [-0.3, -0.25) is 9.59 Å². The summed E-state index contributed by atoms with van der Waals surface area (Å²) in [6.45, 7) is 4.40. The molecule has 2 unspecified atom stereocenters. The molecule has 3 rings (SSSR count). The lowest BCUT2D eigenvalue weighted by atomic mass is 9.60. The lowest BCUT2D eigenvalue weighted by Gasteiger charge is -2.54. The topological polar surface area (TPSA) is 80.6 Å². The molecule has 1 aromatic heterocycles. The highest BCUT2D eigenvalue weighted by atomic mass is 16.5. The normalized spacial score (nSPS) is 24.8. The van der Waals surface area contributed by atoms with Crippen molar-refractivity contribution in [1.82, 2.24) is 9.88 Å². The number of amides is 1. The van der Waals surface area contributed by atoms with E-state index in [-0.39, 0.29) is 41.3 Å². The highest BCUT2D eigenvalue weighted by molar-refractivity contribution is 5.76. The minimum atomic E-state index is -0.362. The number of nitrogens with zero attached hydrogens (tertiary/aromatic N) is 1. The summed E-state index contributed by atoms with van der Waals surface area (Å²) >= 11 is 0. The maximum absolute atomic E-state index is 12.4. The van der Waals surface area contributed by atoms with Gasteiger partial charge in [-0.2, -0.15) is 0 Å². The molecule has 1 spiro atoms. The van der Waals surface area contributed by atoms with Gasteiger partial charge in [0.2, 0.25) is 5.91 Å². The Bertz CT molecular complexity index is 676. The van der Waals surface area contributed by atoms with Crippen LogP contribution in [0.2, 0.25) is 0 Å². The molecule has 0 saturated heterocycles. The lowest BCUT2D eigenvalue weighted by molar-refractivity contribution is -0.144. The molecular formula is C18H26N2O4. The lowest BCUT2D eigenvalue weighted by Crippen LogP contribution is -2.64. The van der Waals surface area contributed by atoms with Crippen molar-refractivity contribution in [1.29, 1.82) is 0 Å². The number of pyridine rings is 1. The van der Waals surface area contributed by atoms with Gasteiger partial charge in [0.15, 0.2) is 0 Å². The van der Waals surface area contributed by atoms with E-state index >= 15 is 0 Å². The summed E-state index contributed by atoms with van der Waals surface area (Å²) in [4.78, 5) is 24.4. The fourth-order valence-electron chi connectivity index (χ4n) is 4.39. The number of rotatable bonds is 5. The van der Waals surface area contributed by atoms with E-state index in [1.807, 2.05) is 6.92 Å². The van der Waals surface area contributed by atoms with E-state index in [0.29, 0.717) is 12.3 Å². The van der Waals surface area contributed by atoms with Gasteiger partial charge in [-0.05, 0) is 39.2 Å². The van der Waals surface area contributed by atoms with Gasteiger partial charge in [0.05, 0.1) is 6.10 Å². The average Bonchev–Trinajstić information content (AvgIpc) is 3.02. The fourth-order valence-corrected chi connectivity index (χ4v) is 4.39. The zero-order chi connectivity index (χ0) is 17.3. The summed E-state index contributed by atoms with van der Waals surface area (Å²) in [6.07, 6.45) is 5.66. The van der Waals surface area contributed by atoms with Gasteiger partial charge in [0, 0.05) is 29.8 Å². The van der Waals surface area contributed by atoms with Crippen LogP contribution in [0.5, 0.6) is 5.75 Å². The van der Waals surface area contributed by atoms with Crippen molar-refractivity contribution in [2.24, 2.45) is 5.41 Å². The summed E-state index contributed by atoms with van der Waals surface area (Å²) in [5, 5.41) is 12.6. The van der Waals surface area contributed by atoms with Crippen molar-refractivity contribution in [2.45, 2.75) is 64.6 Å². The molecule has 2 aliphatic carbocycles. The third-order valence-electron chi connectivity index (χ3n) is 5.64. The maximum atomic E-state index is 12.4. The van der Waals surface area contributed by atoms with Crippen LogP contribution in [0.3, 0.4) is 0 Å². The Morgan fingerprint density at radius 3 is 2.75 bits per heavy atom. The molecule has 2 fully saturated rings. The first kappa shape index (κ1) is 17.0. The van der Waals surface area contributed by atoms with Crippen LogP contribution in [0.25, 0.3) is 0 Å². The smallest absolute Gasteiger partial charge is 0.254 e. The van der Waals surface area contributed by atoms with E-state index in [1.54, 1.807) is 6.92 Å². The van der Waals surface area contributed by atoms with E-state index in [0.717, 1.165) is 25.3 Å². The van der Waals surface area contributed by atoms with Crippen molar-refractivity contribution in [3.8, 4) is 5.75 Å². The van der Waals surface area contributed by atoms with Crippen molar-refractivity contribution >= 4 is 5.91 Å². The highest BCUT2D eigenvalue weighted by Gasteiger charge is 2.57. The van der Waals surface area contributed by atoms with Gasteiger partial charge >= 0.3 is 0 Å². The number of aromatic hydroxyl groups is 1. The molecule has 2 atom stereocenters. The third-order valence-corrected chi connectivity index (χ3v) is 5.64. The van der Waals surface area contributed by atoms with Crippen LogP contribution in [-0.2, 0) is 16.1 Å². The summed E-state index contributed by atoms with van der Waals surface area (Å²) in [5.41, 5.74) is 0.297. The Balaban J connectivity index is 1.67. The summed E-state index contributed by atoms with van der Waals surface area (Å²) < 4.78 is 7.25. The number of carbonyl (C=O) groups is 1. The SMILES string of the molecule is CCOC1CC(NC(=O)Cn2c(C)cc(O)cc2=O)C12CCCC2. The van der Waals surface area contributed by atoms with E-state index < -0.39 is 0 Å². The number of ether oxygens (including phenoxy) is 1. The molecule has 0 aromatic carbocycles. The quantitative estimate of drug-likeness (QED) is 0.859. The predicted octanol–water partition coefficient (Wildman–Crippen LogP) is 1.72. The molecule has 2 aliphatic rings. The molecule has 24 heavy (non-hydrogen) atoms. The number of hydrogen-bond acceptors (Lipinski definition) is 4. The zero-order valence-electron chi connectivity index (χ0n) is 14.4. The molecule has 0 radical (unpaired) electrons. The number of carbonyl (C=O) groups excluding carboxylic acids is 1. The van der Waals surface area contributed by atoms with Crippen LogP contribution in [0.1, 0.15) is 44.7 Å². The summed E-state index contributed by atoms with van der Waals surface area (Å²) in [6, 6.07) is 2.76. The van der Waals surface area contributed by atoms with Gasteiger partial charge in [0.1, 0.15) is 12.3 Å². The van der Waals surface area contributed by atoms with Crippen molar-refractivity contribution < 1.29 is 14.6 Å². The monoisotopic (exact) mass is 334 g/mol. The first-order valence-electron chi connectivity index (χ1n) is 8.77. The molecule has 0 bridgehead atoms. The van der Waals surface area contributed by atoms with E-state index in [4.69, 9.17) is 4.74 Å². The van der Waals surface area contributed by atoms with Crippen molar-refractivity contribution in [3.63, 3.8) is 0 Å². The Morgan fingerprint density at radius 2 is 2.12 bits per heavy atom. The molecule has 1 heterocycles. The third kappa shape index (κ3) is 2.95. The van der Waals surface area contributed by atoms with Gasteiger partial charge in [-0.1, -0.05) is 12.8 Å². The van der Waals surface area contributed by atoms with Crippen LogP contribution >= 0.6 is 0 Å². The second-order valence-corrected chi connectivity index (χ2v) is 7.02. The van der Waals surface area contributed by atoms with E-state index in [1.165, 1.54) is 23.5 Å². The van der Waals surface area contributed by atoms with E-state index in [2.05, 4.69) is 5.32 Å². The van der Waals surface area contributed by atoms with Gasteiger partial charge in [-0.15, -0.1) is 0 Å². The summed E-state index contributed by atoms with van der Waals surface area (Å²) in [5.74, 6) is -0.227. The van der Waals surface area contributed by atoms with Gasteiger partial charge in [0.25, 0.3) is 5.56 Å². The standard InChI is InChI=1S/C18H26N2O4/c1-3-24-15-10-14(18(15)6-4-5-7-18)19-16(22)11-20-12(2)8-13(21)9-17(20)23/h8-9,14-15,21H,3-7,10-11H2,1-2H3,(H,19,22). The minimum Gasteiger partial charge on any atom is -0.508 e. The fraction of sp³-hybridized carbons (Fsp3) is 0.667. The van der Waals surface area contributed by atoms with Crippen LogP contribution in [0.15, 0.2) is 16.9 Å². The zero-order valence-corrected chi connectivity index (χ0v) is 14.4. The molecule has 132 valence electrons. The molecule has 2 saturated carbocycles. The largest absolute Gasteiger partial charge is 0.508 e. The van der Waals surface area contributed by atoms with Crippen molar-refractivity contribution in [2.75, 3.05) is 6.61 Å². The first-order chi connectivity index (χ1) is 11.5. The molecule has 1 aromatic rings. The minimum absolute atomic E-state index is 0.0170. The number of hydrogen-bond donors (Lipinski definition) is 2. The van der Waals surface area contributed by atoms with Crippen LogP contribution in [0, 0.1) is 12.3 Å². The highest BCUT2D eigenvalue weighted by Crippen LogP contribution is 2.54. The second kappa shape index (κ2) is 6.59. The number of nitrogens with one attached hydrogen (secondary N) is 1. The predicted molar refractivity (Wildman–Crippen MR) is 90.0 cm³/mol. The number of aromatic nitrogens is 1. The molecular weight excluding hydrogens is 308 g/mol. The second-order valence-electron chi connectivity index (χ2n) is 7.02. The molecule has 1 amide bonds. The van der Waals surface area contributed by atoms with Gasteiger partial charge in [-0.25, -0.2) is 0 Å². The Hall–Kier alpha value is -1.82. The maximum Gasteiger partial charge on any atom is 0.254 e. The number of aryl methyl sites for hydroxylation is 1. The Labute approximate surface area is 141 Å². The average molecular weight is 334 g/mol. The Morgan fingerprint density at radius 1 is 1.42 bits per heavy atom. The van der Waals surface area contributed by atoms with Crippen LogP contribution in [-0.4, -0.2) is 34.3 Å². The Kier molecular flexibility index (Phi) is 4.67.